The Bertz CT molecular complexity index is 324. The molecule has 0 aliphatic rings. The van der Waals surface area contributed by atoms with E-state index in [4.69, 9.17) is 5.11 Å². The molecule has 0 aromatic rings. The summed E-state index contributed by atoms with van der Waals surface area (Å²) in [6, 6.07) is -0.570. The van der Waals surface area contributed by atoms with E-state index in [0.29, 0.717) is 0 Å². The number of hydrogen-bond donors (Lipinski definition) is 3. The molecule has 0 saturated carbocycles. The van der Waals surface area contributed by atoms with Gasteiger partial charge in [0.25, 0.3) is 0 Å². The minimum Gasteiger partial charge on any atom is -0.481 e. The van der Waals surface area contributed by atoms with Crippen LogP contribution in [0, 0.1) is 0 Å². The van der Waals surface area contributed by atoms with E-state index in [9.17, 15) is 18.0 Å². The Labute approximate surface area is 87.8 Å². The summed E-state index contributed by atoms with van der Waals surface area (Å²) < 4.78 is 21.3. The highest BCUT2D eigenvalue weighted by Gasteiger charge is 2.04. The quantitative estimate of drug-likeness (QED) is 0.538. The number of nitrogens with one attached hydrogen (secondary N) is 2. The van der Waals surface area contributed by atoms with Crippen LogP contribution in [0.5, 0.6) is 0 Å². The van der Waals surface area contributed by atoms with Crippen molar-refractivity contribution < 1.29 is 23.1 Å². The molecule has 0 aromatic carbocycles. The maximum absolute atomic E-state index is 10.9. The number of carboxylic acids is 1. The smallest absolute Gasteiger partial charge is 0.314 e. The maximum Gasteiger partial charge on any atom is 0.314 e. The Morgan fingerprint density at radius 1 is 1.20 bits per heavy atom. The molecule has 0 radical (unpaired) electrons. The van der Waals surface area contributed by atoms with Crippen LogP contribution in [-0.2, 0) is 14.6 Å². The number of carbonyl (C=O) groups excluding carboxylic acids is 1. The molecule has 0 bridgehead atoms. The van der Waals surface area contributed by atoms with Crippen LogP contribution < -0.4 is 10.6 Å². The molecule has 0 aliphatic heterocycles. The fraction of sp³-hybridized carbons (Fsp3) is 0.714. The van der Waals surface area contributed by atoms with E-state index in [0.717, 1.165) is 6.26 Å². The van der Waals surface area contributed by atoms with Gasteiger partial charge in [0.2, 0.25) is 0 Å². The predicted octanol–water partition coefficient (Wildman–Crippen LogP) is -1.20. The van der Waals surface area contributed by atoms with Crippen molar-refractivity contribution in [2.24, 2.45) is 0 Å². The Morgan fingerprint density at radius 2 is 1.73 bits per heavy atom. The molecule has 88 valence electrons. The molecule has 15 heavy (non-hydrogen) atoms. The SMILES string of the molecule is CS(=O)(=O)CCNC(=O)NCCC(=O)O. The van der Waals surface area contributed by atoms with Gasteiger partial charge in [-0.05, 0) is 0 Å². The van der Waals surface area contributed by atoms with Gasteiger partial charge in [0.15, 0.2) is 0 Å². The van der Waals surface area contributed by atoms with Crippen molar-refractivity contribution in [3.05, 3.63) is 0 Å². The third-order valence-electron chi connectivity index (χ3n) is 1.38. The lowest BCUT2D eigenvalue weighted by molar-refractivity contribution is -0.136. The molecule has 0 heterocycles. The summed E-state index contributed by atoms with van der Waals surface area (Å²) in [4.78, 5) is 21.0. The molecule has 0 aliphatic carbocycles. The molecule has 0 fully saturated rings. The molecular weight excluding hydrogens is 224 g/mol. The van der Waals surface area contributed by atoms with Gasteiger partial charge in [0.1, 0.15) is 9.84 Å². The molecule has 2 amide bonds. The van der Waals surface area contributed by atoms with E-state index in [2.05, 4.69) is 10.6 Å². The molecule has 0 saturated heterocycles. The summed E-state index contributed by atoms with van der Waals surface area (Å²) in [5, 5.41) is 12.8. The molecule has 0 aromatic heterocycles. The molecule has 3 N–H and O–H groups in total. The van der Waals surface area contributed by atoms with Crippen molar-refractivity contribution >= 4 is 21.8 Å². The Kier molecular flexibility index (Phi) is 5.68. The number of urea groups is 1. The van der Waals surface area contributed by atoms with Crippen molar-refractivity contribution in [3.8, 4) is 0 Å². The first-order valence-corrected chi connectivity index (χ1v) is 6.28. The number of sulfone groups is 1. The second-order valence-electron chi connectivity index (χ2n) is 2.96. The lowest BCUT2D eigenvalue weighted by Gasteiger charge is -2.05. The first kappa shape index (κ1) is 13.7. The zero-order chi connectivity index (χ0) is 11.9. The van der Waals surface area contributed by atoms with Gasteiger partial charge in [-0.15, -0.1) is 0 Å². The number of carboxylic acid groups (broad SMARTS) is 1. The fourth-order valence-electron chi connectivity index (χ4n) is 0.695. The van der Waals surface area contributed by atoms with Crippen molar-refractivity contribution in [1.29, 1.82) is 0 Å². The minimum absolute atomic E-state index is 0.0116. The number of carbonyl (C=O) groups is 2. The normalized spacial score (nSPS) is 10.7. The summed E-state index contributed by atoms with van der Waals surface area (Å²) >= 11 is 0. The van der Waals surface area contributed by atoms with Crippen LogP contribution in [0.2, 0.25) is 0 Å². The number of hydrogen-bond acceptors (Lipinski definition) is 4. The maximum atomic E-state index is 10.9. The summed E-state index contributed by atoms with van der Waals surface area (Å²) in [5.41, 5.74) is 0. The van der Waals surface area contributed by atoms with E-state index in [-0.39, 0.29) is 25.3 Å². The van der Waals surface area contributed by atoms with Gasteiger partial charge in [-0.2, -0.15) is 0 Å². The van der Waals surface area contributed by atoms with Crippen molar-refractivity contribution in [2.45, 2.75) is 6.42 Å². The highest BCUT2D eigenvalue weighted by molar-refractivity contribution is 7.90. The number of aliphatic carboxylic acids is 1. The van der Waals surface area contributed by atoms with Crippen LogP contribution in [0.3, 0.4) is 0 Å². The van der Waals surface area contributed by atoms with Crippen molar-refractivity contribution in [1.82, 2.24) is 10.6 Å². The van der Waals surface area contributed by atoms with E-state index >= 15 is 0 Å². The molecule has 0 rings (SSSR count). The second-order valence-corrected chi connectivity index (χ2v) is 5.22. The predicted molar refractivity (Wildman–Crippen MR) is 53.4 cm³/mol. The van der Waals surface area contributed by atoms with Gasteiger partial charge < -0.3 is 15.7 Å². The average molecular weight is 238 g/mol. The second kappa shape index (κ2) is 6.23. The first-order valence-electron chi connectivity index (χ1n) is 4.22. The van der Waals surface area contributed by atoms with Crippen molar-refractivity contribution in [2.75, 3.05) is 25.1 Å². The van der Waals surface area contributed by atoms with Gasteiger partial charge in [-0.3, -0.25) is 4.79 Å². The first-order chi connectivity index (χ1) is 6.81. The Balaban J connectivity index is 3.54. The fourth-order valence-corrected chi connectivity index (χ4v) is 1.17. The Hall–Kier alpha value is -1.31. The lowest BCUT2D eigenvalue weighted by Crippen LogP contribution is -2.38. The van der Waals surface area contributed by atoms with Crippen LogP contribution in [0.4, 0.5) is 4.79 Å². The standard InChI is InChI=1S/C7H14N2O5S/c1-15(13,14)5-4-9-7(12)8-3-2-6(10)11/h2-5H2,1H3,(H,10,11)(H2,8,9,12). The molecule has 0 unspecified atom stereocenters. The zero-order valence-electron chi connectivity index (χ0n) is 8.32. The van der Waals surface area contributed by atoms with E-state index in [1.165, 1.54) is 0 Å². The lowest BCUT2D eigenvalue weighted by atomic mass is 10.4. The summed E-state index contributed by atoms with van der Waals surface area (Å²) in [6.45, 7) is 0.0256. The van der Waals surface area contributed by atoms with Gasteiger partial charge >= 0.3 is 12.0 Å². The molecule has 7 nitrogen and oxygen atoms in total. The van der Waals surface area contributed by atoms with Crippen LogP contribution in [0.15, 0.2) is 0 Å². The van der Waals surface area contributed by atoms with E-state index < -0.39 is 21.8 Å². The van der Waals surface area contributed by atoms with Crippen LogP contribution in [0.25, 0.3) is 0 Å². The topological polar surface area (TPSA) is 113 Å². The molecular formula is C7H14N2O5S. The third-order valence-corrected chi connectivity index (χ3v) is 2.33. The highest BCUT2D eigenvalue weighted by Crippen LogP contribution is 1.80. The van der Waals surface area contributed by atoms with Crippen molar-refractivity contribution in [3.63, 3.8) is 0 Å². The van der Waals surface area contributed by atoms with Gasteiger partial charge in [-0.25, -0.2) is 13.2 Å². The summed E-state index contributed by atoms with van der Waals surface area (Å²) in [7, 11) is -3.09. The van der Waals surface area contributed by atoms with Gasteiger partial charge in [0.05, 0.1) is 12.2 Å². The van der Waals surface area contributed by atoms with Gasteiger partial charge in [-0.1, -0.05) is 0 Å². The third kappa shape index (κ3) is 10.6. The summed E-state index contributed by atoms with van der Waals surface area (Å²) in [5.74, 6) is -1.15. The number of rotatable bonds is 6. The van der Waals surface area contributed by atoms with Gasteiger partial charge in [0, 0.05) is 19.3 Å². The van der Waals surface area contributed by atoms with Crippen LogP contribution >= 0.6 is 0 Å². The Morgan fingerprint density at radius 3 is 2.20 bits per heavy atom. The van der Waals surface area contributed by atoms with E-state index in [1.54, 1.807) is 0 Å². The monoisotopic (exact) mass is 238 g/mol. The van der Waals surface area contributed by atoms with Crippen LogP contribution in [-0.4, -0.2) is 50.6 Å². The van der Waals surface area contributed by atoms with E-state index in [1.807, 2.05) is 0 Å². The van der Waals surface area contributed by atoms with Crippen LogP contribution in [0.1, 0.15) is 6.42 Å². The highest BCUT2D eigenvalue weighted by atomic mass is 32.2. The number of amides is 2. The molecule has 8 heteroatoms. The zero-order valence-corrected chi connectivity index (χ0v) is 9.13. The average Bonchev–Trinajstić information content (AvgIpc) is 2.00. The minimum atomic E-state index is -3.09. The largest absolute Gasteiger partial charge is 0.481 e. The summed E-state index contributed by atoms with van der Waals surface area (Å²) in [6.07, 6.45) is 0.899. The molecule has 0 atom stereocenters. The molecule has 0 spiro atoms.